The average Bonchev–Trinajstić information content (AvgIpc) is 2.83. The van der Waals surface area contributed by atoms with Crippen molar-refractivity contribution in [2.45, 2.75) is 25.0 Å². The van der Waals surface area contributed by atoms with Crippen LogP contribution in [0.5, 0.6) is 5.75 Å². The molecule has 0 aliphatic carbocycles. The lowest BCUT2D eigenvalue weighted by Gasteiger charge is -2.41. The van der Waals surface area contributed by atoms with E-state index < -0.39 is 17.6 Å². The molecule has 0 amide bonds. The largest absolute Gasteiger partial charge is 0.481 e. The van der Waals surface area contributed by atoms with Crippen LogP contribution in [0.15, 0.2) is 47.6 Å². The van der Waals surface area contributed by atoms with Crippen molar-refractivity contribution in [2.24, 2.45) is 16.8 Å². The van der Waals surface area contributed by atoms with E-state index in [4.69, 9.17) is 10.5 Å². The maximum atomic E-state index is 13.1. The van der Waals surface area contributed by atoms with Gasteiger partial charge in [0.25, 0.3) is 0 Å². The Labute approximate surface area is 202 Å². The van der Waals surface area contributed by atoms with Gasteiger partial charge in [-0.15, -0.1) is 0 Å². The fourth-order valence-electron chi connectivity index (χ4n) is 4.28. The Kier molecular flexibility index (Phi) is 7.55. The maximum Gasteiger partial charge on any atom is 0.303 e. The zero-order valence-electron chi connectivity index (χ0n) is 18.9. The molecule has 2 atom stereocenters. The molecule has 34 heavy (non-hydrogen) atoms. The zero-order valence-corrected chi connectivity index (χ0v) is 19.7. The molecule has 2 aliphatic heterocycles. The molecule has 0 aromatic heterocycles. The molecule has 4 rings (SSSR count). The third kappa shape index (κ3) is 5.60. The smallest absolute Gasteiger partial charge is 0.303 e. The van der Waals surface area contributed by atoms with Gasteiger partial charge in [-0.25, -0.2) is 0 Å². The number of carbonyl (C=O) groups is 2. The van der Waals surface area contributed by atoms with Crippen molar-refractivity contribution in [3.05, 3.63) is 64.7 Å². The third-order valence-corrected chi connectivity index (χ3v) is 7.18. The standard InChI is InChI=1S/C25H29N3O5S/c26-25(7-10-29)21(15-23(30)31)13-19-5-6-20(14-22(19)33-25)24(32)18-3-1-17(2-4-18)16-27-28-8-11-34-12-9-28/h1-6,14,16,21,29H,7-13,15,26H2,(H,30,31). The van der Waals surface area contributed by atoms with Gasteiger partial charge in [-0.2, -0.15) is 16.9 Å². The van der Waals surface area contributed by atoms with Crippen molar-refractivity contribution >= 4 is 29.7 Å². The number of carboxylic acid groups (broad SMARTS) is 1. The van der Waals surface area contributed by atoms with Gasteiger partial charge in [-0.05, 0) is 23.6 Å². The van der Waals surface area contributed by atoms with Crippen LogP contribution in [0.3, 0.4) is 0 Å². The fourth-order valence-corrected chi connectivity index (χ4v) is 5.16. The number of hydrogen-bond donors (Lipinski definition) is 3. The third-order valence-electron chi connectivity index (χ3n) is 6.24. The number of nitrogens with two attached hydrogens (primary N) is 1. The molecule has 2 unspecified atom stereocenters. The Bertz CT molecular complexity index is 1070. The summed E-state index contributed by atoms with van der Waals surface area (Å²) in [5.74, 6) is 1.01. The van der Waals surface area contributed by atoms with E-state index in [9.17, 15) is 19.8 Å². The quantitative estimate of drug-likeness (QED) is 0.386. The molecule has 1 fully saturated rings. The number of ketones is 1. The minimum absolute atomic E-state index is 0.0990. The number of thioether (sulfide) groups is 1. The summed E-state index contributed by atoms with van der Waals surface area (Å²) in [6, 6.07) is 12.4. The SMILES string of the molecule is NC1(CCO)Oc2cc(C(=O)c3ccc(C=NN4CCSCC4)cc3)ccc2CC1CC(=O)O. The normalized spacial score (nSPS) is 22.3. The van der Waals surface area contributed by atoms with Gasteiger partial charge in [0.2, 0.25) is 0 Å². The highest BCUT2D eigenvalue weighted by molar-refractivity contribution is 7.99. The number of carboxylic acids is 1. The van der Waals surface area contributed by atoms with Crippen LogP contribution in [0.4, 0.5) is 0 Å². The lowest BCUT2D eigenvalue weighted by Crippen LogP contribution is -2.56. The van der Waals surface area contributed by atoms with E-state index >= 15 is 0 Å². The fraction of sp³-hybridized carbons (Fsp3) is 0.400. The Morgan fingerprint density at radius 3 is 2.56 bits per heavy atom. The van der Waals surface area contributed by atoms with Crippen LogP contribution in [0.25, 0.3) is 0 Å². The molecule has 0 spiro atoms. The van der Waals surface area contributed by atoms with Crippen LogP contribution in [-0.4, -0.2) is 70.1 Å². The molecule has 9 heteroatoms. The molecule has 180 valence electrons. The highest BCUT2D eigenvalue weighted by atomic mass is 32.2. The molecular weight excluding hydrogens is 454 g/mol. The van der Waals surface area contributed by atoms with Crippen molar-refractivity contribution in [2.75, 3.05) is 31.2 Å². The summed E-state index contributed by atoms with van der Waals surface area (Å²) in [5.41, 5.74) is 7.77. The molecule has 2 aromatic rings. The lowest BCUT2D eigenvalue weighted by atomic mass is 9.82. The van der Waals surface area contributed by atoms with Crippen LogP contribution in [0.1, 0.15) is 39.9 Å². The van der Waals surface area contributed by atoms with Crippen LogP contribution in [0, 0.1) is 5.92 Å². The zero-order chi connectivity index (χ0) is 24.1. The summed E-state index contributed by atoms with van der Waals surface area (Å²) in [5, 5.41) is 25.2. The first kappa shape index (κ1) is 24.3. The van der Waals surface area contributed by atoms with Crippen molar-refractivity contribution in [1.82, 2.24) is 5.01 Å². The monoisotopic (exact) mass is 483 g/mol. The minimum atomic E-state index is -1.31. The number of benzene rings is 2. The average molecular weight is 484 g/mol. The Morgan fingerprint density at radius 1 is 1.18 bits per heavy atom. The summed E-state index contributed by atoms with van der Waals surface area (Å²) in [6.45, 7) is 1.65. The summed E-state index contributed by atoms with van der Waals surface area (Å²) in [6.07, 6.45) is 2.15. The number of hydrogen-bond acceptors (Lipinski definition) is 8. The second-order valence-electron chi connectivity index (χ2n) is 8.61. The van der Waals surface area contributed by atoms with E-state index in [2.05, 4.69) is 10.1 Å². The first-order chi connectivity index (χ1) is 16.4. The van der Waals surface area contributed by atoms with E-state index in [-0.39, 0.29) is 25.2 Å². The van der Waals surface area contributed by atoms with Gasteiger partial charge >= 0.3 is 5.97 Å². The molecule has 0 saturated carbocycles. The minimum Gasteiger partial charge on any atom is -0.481 e. The number of hydrazone groups is 1. The van der Waals surface area contributed by atoms with Crippen molar-refractivity contribution in [3.63, 3.8) is 0 Å². The van der Waals surface area contributed by atoms with E-state index in [1.54, 1.807) is 30.3 Å². The number of rotatable bonds is 8. The van der Waals surface area contributed by atoms with Gasteiger partial charge < -0.3 is 14.9 Å². The highest BCUT2D eigenvalue weighted by Gasteiger charge is 2.42. The topological polar surface area (TPSA) is 125 Å². The van der Waals surface area contributed by atoms with Gasteiger partial charge in [0.15, 0.2) is 11.5 Å². The molecule has 2 aromatic carbocycles. The van der Waals surface area contributed by atoms with E-state index in [0.717, 1.165) is 35.7 Å². The van der Waals surface area contributed by atoms with Crippen LogP contribution < -0.4 is 10.5 Å². The predicted molar refractivity (Wildman–Crippen MR) is 132 cm³/mol. The molecule has 0 bridgehead atoms. The number of fused-ring (bicyclic) bond motifs is 1. The number of aliphatic carboxylic acids is 1. The second-order valence-corrected chi connectivity index (χ2v) is 9.84. The molecule has 2 heterocycles. The van der Waals surface area contributed by atoms with Crippen LogP contribution in [0.2, 0.25) is 0 Å². The molecule has 0 radical (unpaired) electrons. The number of carbonyl (C=O) groups excluding carboxylic acids is 1. The summed E-state index contributed by atoms with van der Waals surface area (Å²) in [4.78, 5) is 24.4. The lowest BCUT2D eigenvalue weighted by molar-refractivity contribution is -0.141. The predicted octanol–water partition coefficient (Wildman–Crippen LogP) is 2.36. The molecule has 8 nitrogen and oxygen atoms in total. The van der Waals surface area contributed by atoms with Crippen molar-refractivity contribution in [3.8, 4) is 5.75 Å². The Balaban J connectivity index is 1.49. The Hall–Kier alpha value is -2.88. The summed E-state index contributed by atoms with van der Waals surface area (Å²) < 4.78 is 5.99. The number of ether oxygens (including phenoxy) is 1. The van der Waals surface area contributed by atoms with Gasteiger partial charge in [0.1, 0.15) is 5.75 Å². The van der Waals surface area contributed by atoms with E-state index in [1.165, 1.54) is 0 Å². The number of aliphatic hydroxyl groups excluding tert-OH is 1. The highest BCUT2D eigenvalue weighted by Crippen LogP contribution is 2.38. The molecule has 2 aliphatic rings. The first-order valence-electron chi connectivity index (χ1n) is 11.3. The van der Waals surface area contributed by atoms with E-state index in [0.29, 0.717) is 23.3 Å². The van der Waals surface area contributed by atoms with Crippen molar-refractivity contribution < 1.29 is 24.5 Å². The van der Waals surface area contributed by atoms with Gasteiger partial charge in [0, 0.05) is 54.7 Å². The van der Waals surface area contributed by atoms with Crippen LogP contribution in [-0.2, 0) is 11.2 Å². The van der Waals surface area contributed by atoms with Gasteiger partial charge in [0.05, 0.1) is 12.6 Å². The number of nitrogens with zero attached hydrogens (tertiary/aromatic N) is 2. The van der Waals surface area contributed by atoms with Crippen molar-refractivity contribution in [1.29, 1.82) is 0 Å². The van der Waals surface area contributed by atoms with Crippen LogP contribution >= 0.6 is 11.8 Å². The number of aliphatic hydroxyl groups is 1. The second kappa shape index (κ2) is 10.6. The van der Waals surface area contributed by atoms with Gasteiger partial charge in [-0.3, -0.25) is 20.3 Å². The first-order valence-corrected chi connectivity index (χ1v) is 12.5. The molecule has 1 saturated heterocycles. The van der Waals surface area contributed by atoms with E-state index in [1.807, 2.05) is 30.1 Å². The molecule has 4 N–H and O–H groups in total. The summed E-state index contributed by atoms with van der Waals surface area (Å²) in [7, 11) is 0. The van der Waals surface area contributed by atoms with Gasteiger partial charge in [-0.1, -0.05) is 36.4 Å². The molecular formula is C25H29N3O5S. The summed E-state index contributed by atoms with van der Waals surface area (Å²) >= 11 is 1.93. The Morgan fingerprint density at radius 2 is 1.88 bits per heavy atom. The maximum absolute atomic E-state index is 13.1.